The van der Waals surface area contributed by atoms with Gasteiger partial charge in [0.2, 0.25) is 0 Å². The normalized spacial score (nSPS) is 10.8. The van der Waals surface area contributed by atoms with Crippen LogP contribution in [0.25, 0.3) is 5.65 Å². The van der Waals surface area contributed by atoms with Crippen molar-refractivity contribution in [3.8, 4) is 0 Å². The number of imidazole rings is 1. The van der Waals surface area contributed by atoms with Crippen molar-refractivity contribution >= 4 is 11.6 Å². The number of hydrogen-bond acceptors (Lipinski definition) is 2. The van der Waals surface area contributed by atoms with Gasteiger partial charge in [-0.3, -0.25) is 9.20 Å². The van der Waals surface area contributed by atoms with E-state index in [1.54, 1.807) is 13.0 Å². The summed E-state index contributed by atoms with van der Waals surface area (Å²) in [5.41, 5.74) is 2.68. The number of aromatic nitrogens is 2. The van der Waals surface area contributed by atoms with Gasteiger partial charge in [0.25, 0.3) is 5.91 Å². The molecule has 2 aromatic heterocycles. The fourth-order valence-electron chi connectivity index (χ4n) is 2.46. The summed E-state index contributed by atoms with van der Waals surface area (Å²) in [5.74, 6) is -0.644. The molecule has 0 aliphatic carbocycles. The minimum Gasteiger partial charge on any atom is -0.350 e. The number of carbonyl (C=O) groups excluding carboxylic acids is 1. The molecule has 112 valence electrons. The average molecular weight is 297 g/mol. The average Bonchev–Trinajstić information content (AvgIpc) is 2.83. The number of aryl methyl sites for hydroxylation is 1. The van der Waals surface area contributed by atoms with Crippen LogP contribution in [0.3, 0.4) is 0 Å². The molecule has 0 aliphatic heterocycles. The maximum absolute atomic E-state index is 13.4. The SMILES string of the molecule is Cc1nc2ccc(F)cn2c1C(=O)NCCc1ccccc1. The highest BCUT2D eigenvalue weighted by Crippen LogP contribution is 2.13. The largest absolute Gasteiger partial charge is 0.350 e. The Hall–Kier alpha value is -2.69. The topological polar surface area (TPSA) is 46.4 Å². The zero-order chi connectivity index (χ0) is 15.5. The molecule has 0 atom stereocenters. The predicted octanol–water partition coefficient (Wildman–Crippen LogP) is 2.75. The molecule has 5 heteroatoms. The Morgan fingerprint density at radius 3 is 2.77 bits per heavy atom. The van der Waals surface area contributed by atoms with Gasteiger partial charge in [-0.15, -0.1) is 0 Å². The third-order valence-electron chi connectivity index (χ3n) is 3.51. The van der Waals surface area contributed by atoms with E-state index >= 15 is 0 Å². The fraction of sp³-hybridized carbons (Fsp3) is 0.176. The van der Waals surface area contributed by atoms with Gasteiger partial charge in [-0.05, 0) is 31.0 Å². The molecule has 4 nitrogen and oxygen atoms in total. The number of nitrogens with one attached hydrogen (secondary N) is 1. The van der Waals surface area contributed by atoms with Gasteiger partial charge in [0.15, 0.2) is 0 Å². The molecule has 22 heavy (non-hydrogen) atoms. The first-order chi connectivity index (χ1) is 10.6. The summed E-state index contributed by atoms with van der Waals surface area (Å²) < 4.78 is 14.9. The van der Waals surface area contributed by atoms with Gasteiger partial charge in [0.1, 0.15) is 17.2 Å². The summed E-state index contributed by atoms with van der Waals surface area (Å²) in [6.45, 7) is 2.27. The number of pyridine rings is 1. The van der Waals surface area contributed by atoms with Crippen LogP contribution in [0.4, 0.5) is 4.39 Å². The Morgan fingerprint density at radius 1 is 1.23 bits per heavy atom. The molecule has 1 aromatic carbocycles. The van der Waals surface area contributed by atoms with Gasteiger partial charge in [0.05, 0.1) is 5.69 Å². The van der Waals surface area contributed by atoms with Gasteiger partial charge < -0.3 is 5.32 Å². The van der Waals surface area contributed by atoms with Gasteiger partial charge in [0, 0.05) is 12.7 Å². The van der Waals surface area contributed by atoms with Crippen LogP contribution < -0.4 is 5.32 Å². The number of benzene rings is 1. The standard InChI is InChI=1S/C17H16FN3O/c1-12-16(21-11-14(18)7-8-15(21)20-12)17(22)19-10-9-13-5-3-2-4-6-13/h2-8,11H,9-10H2,1H3,(H,19,22). The van der Waals surface area contributed by atoms with E-state index in [2.05, 4.69) is 10.3 Å². The predicted molar refractivity (Wildman–Crippen MR) is 82.4 cm³/mol. The van der Waals surface area contributed by atoms with Crippen LogP contribution in [0.15, 0.2) is 48.7 Å². The molecule has 0 spiro atoms. The van der Waals surface area contributed by atoms with Crippen LogP contribution in [0.5, 0.6) is 0 Å². The molecule has 0 bridgehead atoms. The van der Waals surface area contributed by atoms with E-state index in [0.29, 0.717) is 23.6 Å². The third-order valence-corrected chi connectivity index (χ3v) is 3.51. The summed E-state index contributed by atoms with van der Waals surface area (Å²) in [7, 11) is 0. The Labute approximate surface area is 127 Å². The van der Waals surface area contributed by atoms with Gasteiger partial charge >= 0.3 is 0 Å². The van der Waals surface area contributed by atoms with E-state index in [-0.39, 0.29) is 5.91 Å². The number of rotatable bonds is 4. The number of carbonyl (C=O) groups is 1. The van der Waals surface area contributed by atoms with Crippen molar-refractivity contribution in [2.24, 2.45) is 0 Å². The Bertz CT molecular complexity index is 811. The number of hydrogen-bond donors (Lipinski definition) is 1. The Balaban J connectivity index is 1.75. The molecule has 0 unspecified atom stereocenters. The second kappa shape index (κ2) is 5.97. The smallest absolute Gasteiger partial charge is 0.270 e. The molecular formula is C17H16FN3O. The summed E-state index contributed by atoms with van der Waals surface area (Å²) in [5, 5.41) is 2.86. The van der Waals surface area contributed by atoms with Gasteiger partial charge in [-0.1, -0.05) is 30.3 Å². The maximum Gasteiger partial charge on any atom is 0.270 e. The van der Waals surface area contributed by atoms with Crippen LogP contribution in [-0.4, -0.2) is 21.8 Å². The highest BCUT2D eigenvalue weighted by atomic mass is 19.1. The van der Waals surface area contributed by atoms with E-state index in [0.717, 1.165) is 12.0 Å². The number of fused-ring (bicyclic) bond motifs is 1. The minimum atomic E-state index is -0.400. The molecule has 1 amide bonds. The molecule has 2 heterocycles. The number of nitrogens with zero attached hydrogens (tertiary/aromatic N) is 2. The van der Waals surface area contributed by atoms with Crippen molar-refractivity contribution in [3.63, 3.8) is 0 Å². The third kappa shape index (κ3) is 2.83. The lowest BCUT2D eigenvalue weighted by Crippen LogP contribution is -2.27. The molecule has 3 rings (SSSR count). The van der Waals surface area contributed by atoms with Crippen LogP contribution >= 0.6 is 0 Å². The summed E-state index contributed by atoms with van der Waals surface area (Å²) in [6, 6.07) is 12.8. The first-order valence-electron chi connectivity index (χ1n) is 7.11. The molecule has 0 fully saturated rings. The molecule has 0 aliphatic rings. The summed E-state index contributed by atoms with van der Waals surface area (Å²) in [6.07, 6.45) is 2.03. The van der Waals surface area contributed by atoms with Crippen LogP contribution in [0.1, 0.15) is 21.7 Å². The van der Waals surface area contributed by atoms with Crippen molar-refractivity contribution in [2.75, 3.05) is 6.54 Å². The van der Waals surface area contributed by atoms with Crippen LogP contribution in [0, 0.1) is 12.7 Å². The van der Waals surface area contributed by atoms with Crippen molar-refractivity contribution in [2.45, 2.75) is 13.3 Å². The monoisotopic (exact) mass is 297 g/mol. The number of amides is 1. The fourth-order valence-corrected chi connectivity index (χ4v) is 2.46. The molecular weight excluding hydrogens is 281 g/mol. The molecule has 0 saturated carbocycles. The van der Waals surface area contributed by atoms with Crippen LogP contribution in [-0.2, 0) is 6.42 Å². The maximum atomic E-state index is 13.4. The van der Waals surface area contributed by atoms with Crippen molar-refractivity contribution in [1.29, 1.82) is 0 Å². The lowest BCUT2D eigenvalue weighted by Gasteiger charge is -2.06. The highest BCUT2D eigenvalue weighted by molar-refractivity contribution is 5.94. The van der Waals surface area contributed by atoms with Crippen LogP contribution in [0.2, 0.25) is 0 Å². The van der Waals surface area contributed by atoms with E-state index in [9.17, 15) is 9.18 Å². The lowest BCUT2D eigenvalue weighted by atomic mass is 10.1. The van der Waals surface area contributed by atoms with E-state index in [1.165, 1.54) is 16.7 Å². The lowest BCUT2D eigenvalue weighted by molar-refractivity contribution is 0.0947. The first-order valence-corrected chi connectivity index (χ1v) is 7.11. The first kappa shape index (κ1) is 14.3. The molecule has 0 radical (unpaired) electrons. The zero-order valence-corrected chi connectivity index (χ0v) is 12.2. The quantitative estimate of drug-likeness (QED) is 0.805. The Morgan fingerprint density at radius 2 is 2.00 bits per heavy atom. The van der Waals surface area contributed by atoms with E-state index < -0.39 is 5.82 Å². The minimum absolute atomic E-state index is 0.244. The second-order valence-electron chi connectivity index (χ2n) is 5.11. The molecule has 3 aromatic rings. The molecule has 0 saturated heterocycles. The van der Waals surface area contributed by atoms with Gasteiger partial charge in [-0.25, -0.2) is 9.37 Å². The van der Waals surface area contributed by atoms with E-state index in [4.69, 9.17) is 0 Å². The second-order valence-corrected chi connectivity index (χ2v) is 5.11. The van der Waals surface area contributed by atoms with Crippen molar-refractivity contribution in [1.82, 2.24) is 14.7 Å². The Kier molecular flexibility index (Phi) is 3.87. The zero-order valence-electron chi connectivity index (χ0n) is 12.2. The van der Waals surface area contributed by atoms with E-state index in [1.807, 2.05) is 30.3 Å². The summed E-state index contributed by atoms with van der Waals surface area (Å²) in [4.78, 5) is 16.6. The van der Waals surface area contributed by atoms with Crippen molar-refractivity contribution < 1.29 is 9.18 Å². The van der Waals surface area contributed by atoms with Crippen molar-refractivity contribution in [3.05, 3.63) is 71.4 Å². The summed E-state index contributed by atoms with van der Waals surface area (Å²) >= 11 is 0. The number of halogens is 1. The molecule has 1 N–H and O–H groups in total. The highest BCUT2D eigenvalue weighted by Gasteiger charge is 2.16. The van der Waals surface area contributed by atoms with Gasteiger partial charge in [-0.2, -0.15) is 0 Å².